The van der Waals surface area contributed by atoms with E-state index in [0.717, 1.165) is 4.68 Å². The Bertz CT molecular complexity index is 328. The second-order valence-corrected chi connectivity index (χ2v) is 3.48. The first-order valence-corrected chi connectivity index (χ1v) is 4.72. The lowest BCUT2D eigenvalue weighted by molar-refractivity contribution is -0.143. The van der Waals surface area contributed by atoms with Gasteiger partial charge in [0, 0.05) is 6.04 Å². The molecule has 86 valence electrons. The fraction of sp³-hybridized carbons (Fsp3) is 0.667. The van der Waals surface area contributed by atoms with Gasteiger partial charge in [-0.1, -0.05) is 6.92 Å². The number of nitrogens with zero attached hydrogens (tertiary/aromatic N) is 2. The van der Waals surface area contributed by atoms with Crippen LogP contribution in [-0.4, -0.2) is 16.0 Å². The van der Waals surface area contributed by atoms with E-state index in [9.17, 15) is 13.2 Å². The van der Waals surface area contributed by atoms with Gasteiger partial charge in [0.15, 0.2) is 0 Å². The zero-order valence-electron chi connectivity index (χ0n) is 8.67. The number of aromatic nitrogens is 2. The molecule has 1 rings (SSSR count). The number of nitrogens with two attached hydrogens (primary N) is 1. The van der Waals surface area contributed by atoms with Crippen LogP contribution in [0.2, 0.25) is 0 Å². The highest BCUT2D eigenvalue weighted by molar-refractivity contribution is 5.13. The number of hydrogen-bond acceptors (Lipinski definition) is 2. The third-order valence-corrected chi connectivity index (χ3v) is 2.02. The average molecular weight is 221 g/mol. The molecule has 3 nitrogen and oxygen atoms in total. The Balaban J connectivity index is 2.99. The van der Waals surface area contributed by atoms with Gasteiger partial charge in [-0.15, -0.1) is 0 Å². The molecule has 0 radical (unpaired) electrons. The Labute approximate surface area is 86.1 Å². The minimum Gasteiger partial charge on any atom is -0.323 e. The lowest BCUT2D eigenvalue weighted by Crippen LogP contribution is -2.22. The number of halogens is 3. The fourth-order valence-corrected chi connectivity index (χ4v) is 1.32. The lowest BCUT2D eigenvalue weighted by Gasteiger charge is -2.11. The molecule has 0 aliphatic rings. The van der Waals surface area contributed by atoms with Crippen molar-refractivity contribution in [3.05, 3.63) is 17.5 Å². The third-order valence-electron chi connectivity index (χ3n) is 2.02. The predicted molar refractivity (Wildman–Crippen MR) is 50.3 cm³/mol. The van der Waals surface area contributed by atoms with Crippen molar-refractivity contribution in [3.63, 3.8) is 0 Å². The van der Waals surface area contributed by atoms with Crippen LogP contribution in [0.25, 0.3) is 0 Å². The van der Waals surface area contributed by atoms with E-state index in [1.54, 1.807) is 13.0 Å². The average Bonchev–Trinajstić information content (AvgIpc) is 2.44. The molecular weight excluding hydrogens is 207 g/mol. The molecule has 0 aromatic carbocycles. The first kappa shape index (κ1) is 12.0. The normalized spacial score (nSPS) is 14.3. The minimum absolute atomic E-state index is 0.421. The summed E-state index contributed by atoms with van der Waals surface area (Å²) in [7, 11) is 0. The molecule has 0 amide bonds. The molecular formula is C9H14F3N3. The summed E-state index contributed by atoms with van der Waals surface area (Å²) in [5.41, 5.74) is 6.62. The molecule has 1 atom stereocenters. The quantitative estimate of drug-likeness (QED) is 0.848. The van der Waals surface area contributed by atoms with Crippen LogP contribution in [0.3, 0.4) is 0 Å². The van der Waals surface area contributed by atoms with Crippen molar-refractivity contribution in [2.75, 3.05) is 0 Å². The van der Waals surface area contributed by atoms with Crippen LogP contribution in [0, 0.1) is 0 Å². The van der Waals surface area contributed by atoms with E-state index in [4.69, 9.17) is 5.73 Å². The van der Waals surface area contributed by atoms with Crippen molar-refractivity contribution in [1.82, 2.24) is 9.78 Å². The highest BCUT2D eigenvalue weighted by atomic mass is 19.4. The van der Waals surface area contributed by atoms with Crippen LogP contribution in [-0.2, 0) is 13.0 Å². The smallest absolute Gasteiger partial charge is 0.323 e. The largest absolute Gasteiger partial charge is 0.408 e. The van der Waals surface area contributed by atoms with Crippen molar-refractivity contribution in [3.8, 4) is 0 Å². The van der Waals surface area contributed by atoms with Gasteiger partial charge in [0.1, 0.15) is 6.54 Å². The summed E-state index contributed by atoms with van der Waals surface area (Å²) < 4.78 is 37.5. The van der Waals surface area contributed by atoms with Crippen LogP contribution in [0.1, 0.15) is 31.3 Å². The summed E-state index contributed by atoms with van der Waals surface area (Å²) in [5, 5.41) is 3.85. The molecule has 6 heteroatoms. The molecule has 15 heavy (non-hydrogen) atoms. The maximum atomic E-state index is 12.2. The van der Waals surface area contributed by atoms with Gasteiger partial charge in [-0.05, 0) is 19.4 Å². The first-order chi connectivity index (χ1) is 6.83. The summed E-state index contributed by atoms with van der Waals surface area (Å²) in [6, 6.07) is 1.18. The van der Waals surface area contributed by atoms with Crippen LogP contribution >= 0.6 is 0 Å². The molecule has 0 fully saturated rings. The van der Waals surface area contributed by atoms with E-state index in [1.807, 2.05) is 6.92 Å². The Morgan fingerprint density at radius 1 is 1.53 bits per heavy atom. The Morgan fingerprint density at radius 2 is 2.13 bits per heavy atom. The van der Waals surface area contributed by atoms with Crippen LogP contribution in [0.4, 0.5) is 13.2 Å². The molecule has 1 aromatic rings. The molecule has 0 aliphatic heterocycles. The molecule has 0 bridgehead atoms. The number of alkyl halides is 3. The number of rotatable bonds is 3. The standard InChI is InChI=1S/C9H14F3N3/c1-3-7-4-8(6(2)13)15(14-7)5-9(10,11)12/h4,6H,3,5,13H2,1-2H3/t6-/m1/s1. The van der Waals surface area contributed by atoms with E-state index in [1.165, 1.54) is 0 Å². The first-order valence-electron chi connectivity index (χ1n) is 4.72. The van der Waals surface area contributed by atoms with Gasteiger partial charge in [-0.3, -0.25) is 4.68 Å². The second kappa shape index (κ2) is 4.22. The van der Waals surface area contributed by atoms with E-state index >= 15 is 0 Å². The van der Waals surface area contributed by atoms with Crippen molar-refractivity contribution < 1.29 is 13.2 Å². The van der Waals surface area contributed by atoms with Gasteiger partial charge in [0.2, 0.25) is 0 Å². The van der Waals surface area contributed by atoms with Gasteiger partial charge in [0.25, 0.3) is 0 Å². The summed E-state index contributed by atoms with van der Waals surface area (Å²) in [6.45, 7) is 2.40. The summed E-state index contributed by atoms with van der Waals surface area (Å²) >= 11 is 0. The summed E-state index contributed by atoms with van der Waals surface area (Å²) in [5.74, 6) is 0. The Hall–Kier alpha value is -1.04. The molecule has 0 unspecified atom stereocenters. The fourth-order valence-electron chi connectivity index (χ4n) is 1.32. The van der Waals surface area contributed by atoms with Gasteiger partial charge in [-0.2, -0.15) is 18.3 Å². The molecule has 0 aliphatic carbocycles. The maximum Gasteiger partial charge on any atom is 0.408 e. The van der Waals surface area contributed by atoms with Crippen molar-refractivity contribution in [2.45, 2.75) is 39.0 Å². The van der Waals surface area contributed by atoms with E-state index in [0.29, 0.717) is 17.8 Å². The number of hydrogen-bond donors (Lipinski definition) is 1. The van der Waals surface area contributed by atoms with Crippen molar-refractivity contribution >= 4 is 0 Å². The molecule has 0 saturated carbocycles. The maximum absolute atomic E-state index is 12.2. The van der Waals surface area contributed by atoms with E-state index in [-0.39, 0.29) is 0 Å². The topological polar surface area (TPSA) is 43.8 Å². The van der Waals surface area contributed by atoms with Crippen molar-refractivity contribution in [1.29, 1.82) is 0 Å². The number of aryl methyl sites for hydroxylation is 1. The zero-order chi connectivity index (χ0) is 11.6. The highest BCUT2D eigenvalue weighted by Crippen LogP contribution is 2.21. The molecule has 2 N–H and O–H groups in total. The summed E-state index contributed by atoms with van der Waals surface area (Å²) in [4.78, 5) is 0. The van der Waals surface area contributed by atoms with Crippen LogP contribution in [0.15, 0.2) is 6.07 Å². The second-order valence-electron chi connectivity index (χ2n) is 3.48. The third kappa shape index (κ3) is 3.23. The van der Waals surface area contributed by atoms with Crippen LogP contribution < -0.4 is 5.73 Å². The molecule has 1 aromatic heterocycles. The van der Waals surface area contributed by atoms with Crippen LogP contribution in [0.5, 0.6) is 0 Å². The van der Waals surface area contributed by atoms with Gasteiger partial charge in [-0.25, -0.2) is 0 Å². The highest BCUT2D eigenvalue weighted by Gasteiger charge is 2.30. The Morgan fingerprint density at radius 3 is 2.53 bits per heavy atom. The van der Waals surface area contributed by atoms with Gasteiger partial charge >= 0.3 is 6.18 Å². The van der Waals surface area contributed by atoms with Gasteiger partial charge < -0.3 is 5.73 Å². The monoisotopic (exact) mass is 221 g/mol. The molecule has 0 saturated heterocycles. The molecule has 1 heterocycles. The summed E-state index contributed by atoms with van der Waals surface area (Å²) in [6.07, 6.45) is -3.66. The zero-order valence-corrected chi connectivity index (χ0v) is 8.67. The van der Waals surface area contributed by atoms with E-state index < -0.39 is 18.8 Å². The molecule has 0 spiro atoms. The van der Waals surface area contributed by atoms with Gasteiger partial charge in [0.05, 0.1) is 11.4 Å². The predicted octanol–water partition coefficient (Wildman–Crippen LogP) is 2.03. The lowest BCUT2D eigenvalue weighted by atomic mass is 10.2. The minimum atomic E-state index is -4.26. The van der Waals surface area contributed by atoms with E-state index in [2.05, 4.69) is 5.10 Å². The van der Waals surface area contributed by atoms with Crippen molar-refractivity contribution in [2.24, 2.45) is 5.73 Å². The Kier molecular flexibility index (Phi) is 3.38. The SMILES string of the molecule is CCc1cc([C@@H](C)N)n(CC(F)(F)F)n1.